The van der Waals surface area contributed by atoms with Crippen LogP contribution in [0, 0.1) is 0 Å². The second kappa shape index (κ2) is 7.06. The van der Waals surface area contributed by atoms with Gasteiger partial charge in [-0.2, -0.15) is 4.31 Å². The molecule has 1 atom stereocenters. The Morgan fingerprint density at radius 2 is 1.81 bits per heavy atom. The molecular weight excluding hydrogens is 366 g/mol. The summed E-state index contributed by atoms with van der Waals surface area (Å²) in [5.74, 6) is 0.520. The summed E-state index contributed by atoms with van der Waals surface area (Å²) < 4.78 is 27.3. The Balaban J connectivity index is 1.77. The van der Waals surface area contributed by atoms with Crippen molar-refractivity contribution < 1.29 is 13.5 Å². The van der Waals surface area contributed by atoms with Crippen LogP contribution in [-0.2, 0) is 15.6 Å². The Morgan fingerprint density at radius 1 is 1.19 bits per heavy atom. The normalized spacial score (nSPS) is 19.3. The van der Waals surface area contributed by atoms with Crippen molar-refractivity contribution in [3.8, 4) is 0 Å². The molecule has 2 heterocycles. The molecule has 3 N–H and O–H groups in total. The van der Waals surface area contributed by atoms with E-state index in [0.717, 1.165) is 0 Å². The Hall–Kier alpha value is -2.23. The fraction of sp³-hybridized carbons (Fsp3) is 0.444. The van der Waals surface area contributed by atoms with Crippen LogP contribution < -0.4 is 10.6 Å². The zero-order valence-electron chi connectivity index (χ0n) is 15.7. The third-order valence-corrected chi connectivity index (χ3v) is 6.67. The van der Waals surface area contributed by atoms with Gasteiger partial charge >= 0.3 is 0 Å². The molecule has 1 fully saturated rings. The first-order valence-electron chi connectivity index (χ1n) is 8.77. The zero-order chi connectivity index (χ0) is 19.8. The number of hydrogen-bond acceptors (Lipinski definition) is 7. The molecule has 0 amide bonds. The summed E-state index contributed by atoms with van der Waals surface area (Å²) in [6.45, 7) is 6.38. The van der Waals surface area contributed by atoms with Crippen LogP contribution in [0.1, 0.15) is 26.3 Å². The summed E-state index contributed by atoms with van der Waals surface area (Å²) in [6.07, 6.45) is 3.20. The molecule has 1 aromatic carbocycles. The topological polar surface area (TPSA) is 113 Å². The van der Waals surface area contributed by atoms with E-state index in [1.807, 2.05) is 11.8 Å². The smallest absolute Gasteiger partial charge is 0.245 e. The summed E-state index contributed by atoms with van der Waals surface area (Å²) in [6, 6.07) is 6.39. The number of nitrogen functional groups attached to an aromatic ring is 1. The van der Waals surface area contributed by atoms with E-state index >= 15 is 0 Å². The standard InChI is InChI=1S/C18H25N5O3S/c1-13-12-22(27(25,26)16-7-5-4-6-15(16)19)8-9-23(13)17-20-10-14(11-21-17)18(2,3)24/h4-7,10-11,13,24H,8-9,12,19H2,1-3H3/t13-/m0/s1. The van der Waals surface area contributed by atoms with E-state index in [1.165, 1.54) is 10.4 Å². The first kappa shape index (κ1) is 19.5. The van der Waals surface area contributed by atoms with E-state index in [0.29, 0.717) is 31.1 Å². The molecule has 0 bridgehead atoms. The molecule has 1 aliphatic rings. The molecule has 1 aliphatic heterocycles. The third-order valence-electron chi connectivity index (χ3n) is 4.73. The summed E-state index contributed by atoms with van der Waals surface area (Å²) in [7, 11) is -3.65. The van der Waals surface area contributed by atoms with Gasteiger partial charge in [-0.15, -0.1) is 0 Å². The number of nitrogens with zero attached hydrogens (tertiary/aromatic N) is 4. The van der Waals surface area contributed by atoms with Gasteiger partial charge in [0.2, 0.25) is 16.0 Å². The van der Waals surface area contributed by atoms with Gasteiger partial charge in [0.25, 0.3) is 0 Å². The van der Waals surface area contributed by atoms with Crippen LogP contribution in [0.2, 0.25) is 0 Å². The van der Waals surface area contributed by atoms with Crippen LogP contribution in [0.25, 0.3) is 0 Å². The van der Waals surface area contributed by atoms with E-state index in [2.05, 4.69) is 9.97 Å². The summed E-state index contributed by atoms with van der Waals surface area (Å²) in [5, 5.41) is 10.0. The highest BCUT2D eigenvalue weighted by Gasteiger charge is 2.34. The molecule has 27 heavy (non-hydrogen) atoms. The van der Waals surface area contributed by atoms with Crippen molar-refractivity contribution in [2.75, 3.05) is 30.3 Å². The molecule has 146 valence electrons. The number of aliphatic hydroxyl groups is 1. The molecule has 9 heteroatoms. The van der Waals surface area contributed by atoms with Gasteiger partial charge in [0.15, 0.2) is 0 Å². The molecule has 3 rings (SSSR count). The van der Waals surface area contributed by atoms with Crippen molar-refractivity contribution in [1.29, 1.82) is 0 Å². The lowest BCUT2D eigenvalue weighted by atomic mass is 10.0. The summed E-state index contributed by atoms with van der Waals surface area (Å²) in [4.78, 5) is 10.8. The predicted octanol–water partition coefficient (Wildman–Crippen LogP) is 1.19. The SMILES string of the molecule is C[C@H]1CN(S(=O)(=O)c2ccccc2N)CCN1c1ncc(C(C)(C)O)cn1. The number of piperazine rings is 1. The van der Waals surface area contributed by atoms with Gasteiger partial charge in [0.1, 0.15) is 4.90 Å². The summed E-state index contributed by atoms with van der Waals surface area (Å²) in [5.41, 5.74) is 5.72. The lowest BCUT2D eigenvalue weighted by molar-refractivity contribution is 0.0778. The number of benzene rings is 1. The molecule has 0 radical (unpaired) electrons. The highest BCUT2D eigenvalue weighted by molar-refractivity contribution is 7.89. The van der Waals surface area contributed by atoms with E-state index in [4.69, 9.17) is 5.73 Å². The molecule has 2 aromatic rings. The minimum Gasteiger partial charge on any atom is -0.398 e. The molecule has 0 spiro atoms. The lowest BCUT2D eigenvalue weighted by Crippen LogP contribution is -2.54. The molecule has 8 nitrogen and oxygen atoms in total. The van der Waals surface area contributed by atoms with Crippen LogP contribution in [-0.4, -0.2) is 53.5 Å². The predicted molar refractivity (Wildman–Crippen MR) is 104 cm³/mol. The first-order valence-corrected chi connectivity index (χ1v) is 10.2. The second-order valence-electron chi connectivity index (χ2n) is 7.27. The van der Waals surface area contributed by atoms with Crippen molar-refractivity contribution in [2.24, 2.45) is 0 Å². The van der Waals surface area contributed by atoms with Crippen molar-refractivity contribution >= 4 is 21.7 Å². The highest BCUT2D eigenvalue weighted by Crippen LogP contribution is 2.26. The number of rotatable bonds is 4. The molecule has 0 aliphatic carbocycles. The summed E-state index contributed by atoms with van der Waals surface area (Å²) >= 11 is 0. The van der Waals surface area contributed by atoms with Crippen LogP contribution in [0.15, 0.2) is 41.6 Å². The lowest BCUT2D eigenvalue weighted by Gasteiger charge is -2.39. The average molecular weight is 391 g/mol. The Labute approximate surface area is 159 Å². The molecular formula is C18H25N5O3S. The second-order valence-corrected chi connectivity index (χ2v) is 9.18. The largest absolute Gasteiger partial charge is 0.398 e. The fourth-order valence-electron chi connectivity index (χ4n) is 3.08. The molecule has 1 saturated heterocycles. The quantitative estimate of drug-likeness (QED) is 0.753. The van der Waals surface area contributed by atoms with Crippen LogP contribution in [0.5, 0.6) is 0 Å². The van der Waals surface area contributed by atoms with Crippen molar-refractivity contribution in [2.45, 2.75) is 37.3 Å². The van der Waals surface area contributed by atoms with Crippen molar-refractivity contribution in [1.82, 2.24) is 14.3 Å². The molecule has 0 saturated carbocycles. The number of sulfonamides is 1. The van der Waals surface area contributed by atoms with Crippen LogP contribution in [0.3, 0.4) is 0 Å². The maximum absolute atomic E-state index is 12.9. The van der Waals surface area contributed by atoms with Gasteiger partial charge in [-0.1, -0.05) is 12.1 Å². The number of anilines is 2. The van der Waals surface area contributed by atoms with Gasteiger partial charge in [-0.3, -0.25) is 0 Å². The zero-order valence-corrected chi connectivity index (χ0v) is 16.5. The van der Waals surface area contributed by atoms with Crippen LogP contribution in [0.4, 0.5) is 11.6 Å². The average Bonchev–Trinajstić information content (AvgIpc) is 2.61. The van der Waals surface area contributed by atoms with Gasteiger partial charge in [-0.05, 0) is 32.9 Å². The van der Waals surface area contributed by atoms with E-state index in [9.17, 15) is 13.5 Å². The maximum atomic E-state index is 12.9. The maximum Gasteiger partial charge on any atom is 0.245 e. The molecule has 0 unspecified atom stereocenters. The number of nitrogens with two attached hydrogens (primary N) is 1. The van der Waals surface area contributed by atoms with E-state index in [1.54, 1.807) is 44.4 Å². The number of hydrogen-bond donors (Lipinski definition) is 2. The molecule has 1 aromatic heterocycles. The highest BCUT2D eigenvalue weighted by atomic mass is 32.2. The Bertz CT molecular complexity index is 909. The number of aromatic nitrogens is 2. The third kappa shape index (κ3) is 3.90. The minimum atomic E-state index is -3.65. The minimum absolute atomic E-state index is 0.105. The first-order chi connectivity index (χ1) is 12.6. The van der Waals surface area contributed by atoms with Crippen molar-refractivity contribution in [3.63, 3.8) is 0 Å². The van der Waals surface area contributed by atoms with E-state index < -0.39 is 15.6 Å². The fourth-order valence-corrected chi connectivity index (χ4v) is 4.71. The Kier molecular flexibility index (Phi) is 5.11. The van der Waals surface area contributed by atoms with Gasteiger partial charge in [0, 0.05) is 43.6 Å². The Morgan fingerprint density at radius 3 is 2.37 bits per heavy atom. The van der Waals surface area contributed by atoms with Gasteiger partial charge in [0.05, 0.1) is 11.3 Å². The monoisotopic (exact) mass is 391 g/mol. The van der Waals surface area contributed by atoms with Crippen LogP contribution >= 0.6 is 0 Å². The number of para-hydroxylation sites is 1. The van der Waals surface area contributed by atoms with Gasteiger partial charge in [-0.25, -0.2) is 18.4 Å². The van der Waals surface area contributed by atoms with Gasteiger partial charge < -0.3 is 15.7 Å². The van der Waals surface area contributed by atoms with E-state index in [-0.39, 0.29) is 16.6 Å². The van der Waals surface area contributed by atoms with Crippen molar-refractivity contribution in [3.05, 3.63) is 42.2 Å².